The lowest BCUT2D eigenvalue weighted by molar-refractivity contribution is -0.582. The highest BCUT2D eigenvalue weighted by molar-refractivity contribution is 6.07. The van der Waals surface area contributed by atoms with Gasteiger partial charge in [0, 0.05) is 36.3 Å². The van der Waals surface area contributed by atoms with Crippen molar-refractivity contribution in [1.82, 2.24) is 0 Å². The molecule has 2 aliphatic heterocycles. The molecule has 0 radical (unpaired) electrons. The van der Waals surface area contributed by atoms with Crippen LogP contribution in [0, 0.1) is 0 Å². The van der Waals surface area contributed by atoms with Gasteiger partial charge in [-0.2, -0.15) is 0 Å². The van der Waals surface area contributed by atoms with Gasteiger partial charge in [-0.15, -0.1) is 0 Å². The summed E-state index contributed by atoms with van der Waals surface area (Å²) in [6.07, 6.45) is 9.14. The number of nitrogens with zero attached hydrogens (tertiary/aromatic N) is 2. The van der Waals surface area contributed by atoms with Crippen LogP contribution in [0.4, 0.5) is 5.69 Å². The largest absolute Gasteiger partial charge is 0.371 e. The zero-order chi connectivity index (χ0) is 23.4. The first-order valence-electron chi connectivity index (χ1n) is 12.5. The molecule has 2 aromatic carbocycles. The summed E-state index contributed by atoms with van der Waals surface area (Å²) < 4.78 is 2.47. The molecule has 2 heterocycles. The van der Waals surface area contributed by atoms with Crippen molar-refractivity contribution < 1.29 is 14.7 Å². The van der Waals surface area contributed by atoms with Gasteiger partial charge in [0.1, 0.15) is 19.2 Å². The van der Waals surface area contributed by atoms with Gasteiger partial charge < -0.3 is 4.90 Å². The summed E-state index contributed by atoms with van der Waals surface area (Å²) in [5.41, 5.74) is 11.1. The van der Waals surface area contributed by atoms with Crippen LogP contribution in [0.3, 0.4) is 0 Å². The third-order valence-corrected chi connectivity index (χ3v) is 8.16. The fourth-order valence-electron chi connectivity index (χ4n) is 5.79. The number of rotatable bonds is 4. The van der Waals surface area contributed by atoms with Gasteiger partial charge in [-0.05, 0) is 70.5 Å². The Kier molecular flexibility index (Phi) is 5.12. The molecule has 0 bridgehead atoms. The van der Waals surface area contributed by atoms with Gasteiger partial charge >= 0.3 is 0 Å². The van der Waals surface area contributed by atoms with E-state index >= 15 is 0 Å². The van der Waals surface area contributed by atoms with Crippen LogP contribution in [0.15, 0.2) is 71.8 Å². The Morgan fingerprint density at radius 1 is 1.00 bits per heavy atom. The van der Waals surface area contributed by atoms with Crippen molar-refractivity contribution in [1.29, 1.82) is 0 Å². The van der Waals surface area contributed by atoms with Gasteiger partial charge in [0.15, 0.2) is 5.71 Å². The molecule has 4 aliphatic rings. The molecule has 0 saturated carbocycles. The van der Waals surface area contributed by atoms with Gasteiger partial charge in [-0.1, -0.05) is 44.2 Å². The zero-order valence-electron chi connectivity index (χ0n) is 20.3. The van der Waals surface area contributed by atoms with Gasteiger partial charge in [0.2, 0.25) is 0 Å². The summed E-state index contributed by atoms with van der Waals surface area (Å²) in [6, 6.07) is 15.3. The van der Waals surface area contributed by atoms with E-state index in [2.05, 4.69) is 77.9 Å². The predicted molar refractivity (Wildman–Crippen MR) is 138 cm³/mol. The van der Waals surface area contributed by atoms with E-state index in [0.29, 0.717) is 0 Å². The Labute approximate surface area is 202 Å². The van der Waals surface area contributed by atoms with Crippen molar-refractivity contribution >= 4 is 17.0 Å². The molecule has 0 aromatic heterocycles. The number of hydrogen-bond acceptors (Lipinski definition) is 3. The van der Waals surface area contributed by atoms with Crippen molar-refractivity contribution in [2.24, 2.45) is 0 Å². The first-order valence-corrected chi connectivity index (χ1v) is 12.5. The van der Waals surface area contributed by atoms with E-state index in [-0.39, 0.29) is 5.41 Å². The Bertz CT molecular complexity index is 1280. The molecule has 0 spiro atoms. The van der Waals surface area contributed by atoms with Crippen molar-refractivity contribution in [3.05, 3.63) is 94.1 Å². The number of fused-ring (bicyclic) bond motifs is 2. The molecule has 4 nitrogen and oxygen atoms in total. The van der Waals surface area contributed by atoms with Crippen molar-refractivity contribution in [2.75, 3.05) is 31.1 Å². The van der Waals surface area contributed by atoms with E-state index < -0.39 is 6.10 Å². The highest BCUT2D eigenvalue weighted by Crippen LogP contribution is 2.51. The molecule has 1 unspecified atom stereocenters. The molecule has 4 heteroatoms. The molecular weight excluding hydrogens is 420 g/mol. The maximum Gasteiger partial charge on any atom is 0.200 e. The summed E-state index contributed by atoms with van der Waals surface area (Å²) in [4.78, 5) is 7.27. The summed E-state index contributed by atoms with van der Waals surface area (Å²) >= 11 is 0. The minimum atomic E-state index is -0.411. The maximum atomic E-state index is 9.53. The molecule has 2 aromatic rings. The first-order chi connectivity index (χ1) is 16.5. The average Bonchev–Trinajstić information content (AvgIpc) is 2.77. The van der Waals surface area contributed by atoms with E-state index in [9.17, 15) is 5.26 Å². The lowest BCUT2D eigenvalue weighted by Crippen LogP contribution is -2.38. The normalized spacial score (nSPS) is 21.4. The van der Waals surface area contributed by atoms with Gasteiger partial charge in [0.25, 0.3) is 0 Å². The van der Waals surface area contributed by atoms with E-state index in [4.69, 9.17) is 4.89 Å². The predicted octanol–water partition coefficient (Wildman–Crippen LogP) is 5.89. The molecule has 2 saturated heterocycles. The Morgan fingerprint density at radius 3 is 2.47 bits per heavy atom. The number of anilines is 1. The van der Waals surface area contributed by atoms with Crippen LogP contribution in [-0.2, 0) is 10.3 Å². The molecule has 6 rings (SSSR count). The Morgan fingerprint density at radius 2 is 1.79 bits per heavy atom. The van der Waals surface area contributed by atoms with Crippen molar-refractivity contribution in [3.63, 3.8) is 0 Å². The molecule has 34 heavy (non-hydrogen) atoms. The second kappa shape index (κ2) is 8.07. The average molecular weight is 454 g/mol. The first kappa shape index (κ1) is 21.6. The highest BCUT2D eigenvalue weighted by atomic mass is 17.1. The number of allylic oxidation sites excluding steroid dienone is 5. The van der Waals surface area contributed by atoms with E-state index in [0.717, 1.165) is 37.3 Å². The zero-order valence-corrected chi connectivity index (χ0v) is 20.3. The Hall–Kier alpha value is -2.95. The van der Waals surface area contributed by atoms with Crippen molar-refractivity contribution in [2.45, 2.75) is 45.1 Å². The lowest BCUT2D eigenvalue weighted by atomic mass is 9.64. The molecular formula is C30H33N2O2+. The van der Waals surface area contributed by atoms with Gasteiger partial charge in [0.05, 0.1) is 6.42 Å². The minimum Gasteiger partial charge on any atom is -0.371 e. The number of benzene rings is 2. The van der Waals surface area contributed by atoms with Crippen LogP contribution in [0.1, 0.15) is 62.0 Å². The Balaban J connectivity index is 1.63. The second-order valence-electron chi connectivity index (χ2n) is 10.5. The summed E-state index contributed by atoms with van der Waals surface area (Å²) in [5.74, 6) is 0. The fraction of sp³-hybridized carbons (Fsp3) is 0.367. The molecule has 1 N–H and O–H groups in total. The standard InChI is InChI=1S/C30H32N2O2/c1-20(34-33)23-8-4-5-9-24(23)29-25-12-10-21(31-14-6-15-31)18-27(25)30(2,3)28-19-22(11-13-26(28)29)32-16-7-17-32/h4-5,8-13,18-20H,6-7,14-17H2,1-3H3/p+1. The maximum absolute atomic E-state index is 9.53. The van der Waals surface area contributed by atoms with E-state index in [1.165, 1.54) is 52.1 Å². The fourth-order valence-corrected chi connectivity index (χ4v) is 5.79. The van der Waals surface area contributed by atoms with Crippen LogP contribution in [0.5, 0.6) is 0 Å². The summed E-state index contributed by atoms with van der Waals surface area (Å²) in [5, 5.41) is 9.53. The summed E-state index contributed by atoms with van der Waals surface area (Å²) in [6.45, 7) is 11.2. The third kappa shape index (κ3) is 3.24. The molecule has 2 aliphatic carbocycles. The molecule has 0 amide bonds. The monoisotopic (exact) mass is 453 g/mol. The molecule has 2 fully saturated rings. The van der Waals surface area contributed by atoms with Crippen LogP contribution >= 0.6 is 0 Å². The van der Waals surface area contributed by atoms with Crippen LogP contribution in [0.2, 0.25) is 0 Å². The van der Waals surface area contributed by atoms with Gasteiger partial charge in [-0.25, -0.2) is 9.46 Å². The lowest BCUT2D eigenvalue weighted by Gasteiger charge is -2.41. The van der Waals surface area contributed by atoms with Gasteiger partial charge in [-0.3, -0.25) is 5.26 Å². The number of hydrogen-bond donors (Lipinski definition) is 1. The second-order valence-corrected chi connectivity index (χ2v) is 10.5. The minimum absolute atomic E-state index is 0.121. The molecule has 1 atom stereocenters. The third-order valence-electron chi connectivity index (χ3n) is 8.16. The smallest absolute Gasteiger partial charge is 0.200 e. The quantitative estimate of drug-likeness (QED) is 0.356. The highest BCUT2D eigenvalue weighted by Gasteiger charge is 2.40. The van der Waals surface area contributed by atoms with E-state index in [1.54, 1.807) is 0 Å². The van der Waals surface area contributed by atoms with Crippen molar-refractivity contribution in [3.8, 4) is 0 Å². The molecule has 174 valence electrons. The topological polar surface area (TPSA) is 35.7 Å². The summed E-state index contributed by atoms with van der Waals surface area (Å²) in [7, 11) is 0. The van der Waals surface area contributed by atoms with Crippen LogP contribution < -0.4 is 4.90 Å². The SMILES string of the molecule is CC(OO)c1ccccc1C1=C2C=CC(=[N+]3CCC3)C=C2C(C)(C)c2cc(N3CCC3)ccc21. The van der Waals surface area contributed by atoms with E-state index in [1.807, 2.05) is 13.0 Å². The van der Waals surface area contributed by atoms with Crippen LogP contribution in [0.25, 0.3) is 5.57 Å². The van der Waals surface area contributed by atoms with Crippen LogP contribution in [-0.4, -0.2) is 41.7 Å².